The quantitative estimate of drug-likeness (QED) is 0.931. The highest BCUT2D eigenvalue weighted by atomic mass is 35.5. The highest BCUT2D eigenvalue weighted by Crippen LogP contribution is 2.26. The summed E-state index contributed by atoms with van der Waals surface area (Å²) in [5.74, 6) is 0.232. The highest BCUT2D eigenvalue weighted by Gasteiger charge is 2.35. The highest BCUT2D eigenvalue weighted by molar-refractivity contribution is 5.87. The van der Waals surface area contributed by atoms with Crippen LogP contribution in [0, 0.1) is 0 Å². The van der Waals surface area contributed by atoms with Gasteiger partial charge in [-0.05, 0) is 38.3 Å². The Hall–Kier alpha value is -1.06. The number of hydrogen-bond donors (Lipinski definition) is 1. The van der Waals surface area contributed by atoms with Crippen LogP contribution in [0.25, 0.3) is 0 Å². The molecule has 1 saturated heterocycles. The van der Waals surface area contributed by atoms with Gasteiger partial charge in [-0.1, -0.05) is 31.2 Å². The third-order valence-corrected chi connectivity index (χ3v) is 4.27. The zero-order valence-corrected chi connectivity index (χ0v) is 14.3. The van der Waals surface area contributed by atoms with Crippen LogP contribution in [0.15, 0.2) is 24.3 Å². The van der Waals surface area contributed by atoms with Gasteiger partial charge in [-0.15, -0.1) is 12.4 Å². The van der Waals surface area contributed by atoms with Crippen LogP contribution in [0.4, 0.5) is 0 Å². The fraction of sp³-hybridized carbons (Fsp3) is 0.588. The van der Waals surface area contributed by atoms with Gasteiger partial charge in [0.2, 0.25) is 5.91 Å². The summed E-state index contributed by atoms with van der Waals surface area (Å²) in [5.41, 5.74) is 1.96. The number of piperazine rings is 1. The van der Waals surface area contributed by atoms with Gasteiger partial charge >= 0.3 is 0 Å². The van der Waals surface area contributed by atoms with E-state index in [1.54, 1.807) is 0 Å². The number of nitrogens with one attached hydrogen (secondary N) is 1. The van der Waals surface area contributed by atoms with Crippen LogP contribution in [0.1, 0.15) is 38.8 Å². The Balaban J connectivity index is 0.00000220. The lowest BCUT2D eigenvalue weighted by Gasteiger charge is -2.37. The molecule has 0 radical (unpaired) electrons. The number of amides is 1. The summed E-state index contributed by atoms with van der Waals surface area (Å²) in [7, 11) is 0. The van der Waals surface area contributed by atoms with Gasteiger partial charge in [-0.25, -0.2) is 0 Å². The van der Waals surface area contributed by atoms with E-state index in [0.717, 1.165) is 31.6 Å². The first kappa shape index (κ1) is 18.0. The second-order valence-corrected chi connectivity index (χ2v) is 6.28. The van der Waals surface area contributed by atoms with Gasteiger partial charge < -0.3 is 10.2 Å². The third-order valence-electron chi connectivity index (χ3n) is 4.27. The molecule has 1 aromatic rings. The minimum Gasteiger partial charge on any atom is -0.339 e. The van der Waals surface area contributed by atoms with Crippen molar-refractivity contribution in [3.05, 3.63) is 35.4 Å². The summed E-state index contributed by atoms with van der Waals surface area (Å²) < 4.78 is 0. The minimum atomic E-state index is -0.455. The van der Waals surface area contributed by atoms with Crippen molar-refractivity contribution in [2.24, 2.45) is 0 Å². The lowest BCUT2D eigenvalue weighted by molar-refractivity contribution is -0.137. The van der Waals surface area contributed by atoms with Gasteiger partial charge in [0.15, 0.2) is 0 Å². The maximum atomic E-state index is 12.8. The van der Waals surface area contributed by atoms with Crippen LogP contribution in [0.5, 0.6) is 0 Å². The first-order valence-electron chi connectivity index (χ1n) is 7.57. The number of aryl methyl sites for hydroxylation is 1. The summed E-state index contributed by atoms with van der Waals surface area (Å²) in [6.45, 7) is 10.8. The van der Waals surface area contributed by atoms with E-state index in [1.165, 1.54) is 5.56 Å². The van der Waals surface area contributed by atoms with Crippen molar-refractivity contribution < 1.29 is 4.79 Å². The zero-order chi connectivity index (χ0) is 14.8. The molecule has 0 aliphatic carbocycles. The molecular weight excluding hydrogens is 284 g/mol. The van der Waals surface area contributed by atoms with Gasteiger partial charge in [-0.2, -0.15) is 0 Å². The van der Waals surface area contributed by atoms with Crippen molar-refractivity contribution in [1.82, 2.24) is 10.2 Å². The van der Waals surface area contributed by atoms with Crippen LogP contribution in [-0.2, 0) is 16.6 Å². The molecule has 3 nitrogen and oxygen atoms in total. The molecule has 4 heteroatoms. The van der Waals surface area contributed by atoms with Crippen molar-refractivity contribution in [1.29, 1.82) is 0 Å². The van der Waals surface area contributed by atoms with E-state index in [1.807, 2.05) is 18.7 Å². The first-order valence-corrected chi connectivity index (χ1v) is 7.57. The molecule has 1 unspecified atom stereocenters. The van der Waals surface area contributed by atoms with Crippen LogP contribution in [0.2, 0.25) is 0 Å². The first-order chi connectivity index (χ1) is 9.45. The smallest absolute Gasteiger partial charge is 0.232 e. The Morgan fingerprint density at radius 2 is 1.95 bits per heavy atom. The molecule has 118 valence electrons. The van der Waals surface area contributed by atoms with Crippen molar-refractivity contribution in [3.8, 4) is 0 Å². The molecule has 1 aromatic carbocycles. The predicted octanol–water partition coefficient (Wildman–Crippen LogP) is 2.77. The summed E-state index contributed by atoms with van der Waals surface area (Å²) in [4.78, 5) is 14.8. The maximum absolute atomic E-state index is 12.8. The van der Waals surface area contributed by atoms with E-state index in [0.29, 0.717) is 6.04 Å². The topological polar surface area (TPSA) is 32.3 Å². The predicted molar refractivity (Wildman–Crippen MR) is 90.1 cm³/mol. The molecule has 1 amide bonds. The Morgan fingerprint density at radius 1 is 1.33 bits per heavy atom. The standard InChI is InChI=1S/C17H26N2O.ClH/c1-5-14-6-8-15(9-7-14)17(3,4)16(20)19-11-10-18-13(2)12-19;/h6-9,13,18H,5,10-12H2,1-4H3;1H. The van der Waals surface area contributed by atoms with Gasteiger partial charge in [0.25, 0.3) is 0 Å². The number of halogens is 1. The third kappa shape index (κ3) is 3.98. The molecular formula is C17H27ClN2O. The Labute approximate surface area is 134 Å². The van der Waals surface area contributed by atoms with Crippen LogP contribution >= 0.6 is 12.4 Å². The van der Waals surface area contributed by atoms with Crippen LogP contribution in [-0.4, -0.2) is 36.5 Å². The largest absolute Gasteiger partial charge is 0.339 e. The summed E-state index contributed by atoms with van der Waals surface area (Å²) in [6, 6.07) is 8.84. The molecule has 1 atom stereocenters. The molecule has 1 N–H and O–H groups in total. The number of nitrogens with zero attached hydrogens (tertiary/aromatic N) is 1. The van der Waals surface area contributed by atoms with Gasteiger partial charge in [0.05, 0.1) is 5.41 Å². The van der Waals surface area contributed by atoms with E-state index in [2.05, 4.69) is 43.4 Å². The Kier molecular flexibility index (Phi) is 6.24. The number of benzene rings is 1. The van der Waals surface area contributed by atoms with Gasteiger partial charge in [0.1, 0.15) is 0 Å². The normalized spacial score (nSPS) is 19.0. The van der Waals surface area contributed by atoms with E-state index in [4.69, 9.17) is 0 Å². The zero-order valence-electron chi connectivity index (χ0n) is 13.5. The van der Waals surface area contributed by atoms with Crippen LogP contribution < -0.4 is 5.32 Å². The number of rotatable bonds is 3. The monoisotopic (exact) mass is 310 g/mol. The second-order valence-electron chi connectivity index (χ2n) is 6.28. The molecule has 1 aliphatic heterocycles. The van der Waals surface area contributed by atoms with E-state index < -0.39 is 5.41 Å². The molecule has 2 rings (SSSR count). The molecule has 1 aliphatic rings. The van der Waals surface area contributed by atoms with Crippen molar-refractivity contribution in [3.63, 3.8) is 0 Å². The molecule has 21 heavy (non-hydrogen) atoms. The molecule has 0 spiro atoms. The molecule has 1 heterocycles. The second kappa shape index (κ2) is 7.28. The van der Waals surface area contributed by atoms with Gasteiger partial charge in [-0.3, -0.25) is 4.79 Å². The van der Waals surface area contributed by atoms with Gasteiger partial charge in [0, 0.05) is 25.7 Å². The average molecular weight is 311 g/mol. The summed E-state index contributed by atoms with van der Waals surface area (Å²) >= 11 is 0. The van der Waals surface area contributed by atoms with E-state index >= 15 is 0 Å². The molecule has 0 aromatic heterocycles. The molecule has 0 bridgehead atoms. The SMILES string of the molecule is CCc1ccc(C(C)(C)C(=O)N2CCNC(C)C2)cc1.Cl. The number of carbonyl (C=O) groups is 1. The Morgan fingerprint density at radius 3 is 2.48 bits per heavy atom. The summed E-state index contributed by atoms with van der Waals surface area (Å²) in [6.07, 6.45) is 1.03. The molecule has 1 fully saturated rings. The van der Waals surface area contributed by atoms with E-state index in [-0.39, 0.29) is 18.3 Å². The fourth-order valence-corrected chi connectivity index (χ4v) is 2.79. The molecule has 0 saturated carbocycles. The van der Waals surface area contributed by atoms with Crippen molar-refractivity contribution in [2.45, 2.75) is 45.6 Å². The number of hydrogen-bond acceptors (Lipinski definition) is 2. The average Bonchev–Trinajstić information content (AvgIpc) is 2.46. The fourth-order valence-electron chi connectivity index (χ4n) is 2.79. The van der Waals surface area contributed by atoms with Crippen LogP contribution in [0.3, 0.4) is 0 Å². The van der Waals surface area contributed by atoms with Crippen molar-refractivity contribution in [2.75, 3.05) is 19.6 Å². The Bertz CT molecular complexity index is 470. The van der Waals surface area contributed by atoms with Crippen molar-refractivity contribution >= 4 is 18.3 Å². The van der Waals surface area contributed by atoms with E-state index in [9.17, 15) is 4.79 Å². The lowest BCUT2D eigenvalue weighted by Crippen LogP contribution is -2.55. The maximum Gasteiger partial charge on any atom is 0.232 e. The lowest BCUT2D eigenvalue weighted by atomic mass is 9.82. The summed E-state index contributed by atoms with van der Waals surface area (Å²) in [5, 5.41) is 3.38. The minimum absolute atomic E-state index is 0. The number of carbonyl (C=O) groups excluding carboxylic acids is 1.